The number of hydrogen-bond donors (Lipinski definition) is 1. The van der Waals surface area contributed by atoms with E-state index in [0.29, 0.717) is 43.5 Å². The summed E-state index contributed by atoms with van der Waals surface area (Å²) in [4.78, 5) is 37.3. The normalized spacial score (nSPS) is 14.2. The Morgan fingerprint density at radius 3 is 2.51 bits per heavy atom. The van der Waals surface area contributed by atoms with Crippen LogP contribution < -0.4 is 19.6 Å². The number of esters is 1. The molecule has 1 fully saturated rings. The van der Waals surface area contributed by atoms with Gasteiger partial charge < -0.3 is 18.9 Å². The van der Waals surface area contributed by atoms with E-state index >= 15 is 0 Å². The van der Waals surface area contributed by atoms with Gasteiger partial charge in [0.1, 0.15) is 5.75 Å². The number of thioether (sulfide) groups is 1. The first-order valence-electron chi connectivity index (χ1n) is 10.2. The zero-order valence-corrected chi connectivity index (χ0v) is 22.7. The Morgan fingerprint density at radius 2 is 1.89 bits per heavy atom. The lowest BCUT2D eigenvalue weighted by Gasteiger charge is -2.16. The first-order chi connectivity index (χ1) is 16.8. The largest absolute Gasteiger partial charge is 0.497 e. The molecule has 1 aliphatic heterocycles. The highest BCUT2D eigenvalue weighted by atomic mass is 127. The van der Waals surface area contributed by atoms with Crippen molar-refractivity contribution in [2.75, 3.05) is 27.4 Å². The van der Waals surface area contributed by atoms with Gasteiger partial charge in [-0.3, -0.25) is 15.0 Å². The van der Waals surface area contributed by atoms with Crippen LogP contribution in [0.1, 0.15) is 22.8 Å². The highest BCUT2D eigenvalue weighted by Gasteiger charge is 2.34. The topological polar surface area (TPSA) is 103 Å². The Labute approximate surface area is 225 Å². The summed E-state index contributed by atoms with van der Waals surface area (Å²) in [6.07, 6.45) is 1.65. The molecule has 9 nitrogen and oxygen atoms in total. The van der Waals surface area contributed by atoms with Crippen molar-refractivity contribution in [2.24, 2.45) is 0 Å². The fourth-order valence-corrected chi connectivity index (χ4v) is 4.85. The molecule has 12 heteroatoms. The van der Waals surface area contributed by atoms with Gasteiger partial charge in [-0.15, -0.1) is 0 Å². The standard InChI is InChI=1S/C23H21IN2O7S2/c1-4-32-17-10-13(9-16(24)20(17)33-12-19(27)31-3)11-18-22(29)26(23(34)35-18)25-21(28)14-5-7-15(30-2)8-6-14/h5-11H,4,12H2,1-3H3,(H,25,28)/b18-11+. The van der Waals surface area contributed by atoms with Gasteiger partial charge in [-0.1, -0.05) is 11.8 Å². The van der Waals surface area contributed by atoms with Crippen molar-refractivity contribution >= 4 is 74.8 Å². The van der Waals surface area contributed by atoms with Crippen molar-refractivity contribution in [1.29, 1.82) is 0 Å². The second kappa shape index (κ2) is 12.2. The second-order valence-electron chi connectivity index (χ2n) is 6.81. The molecule has 184 valence electrons. The molecule has 2 amide bonds. The van der Waals surface area contributed by atoms with Crippen molar-refractivity contribution in [3.05, 3.63) is 56.0 Å². The zero-order valence-electron chi connectivity index (χ0n) is 19.0. The maximum atomic E-state index is 13.0. The van der Waals surface area contributed by atoms with Gasteiger partial charge >= 0.3 is 5.97 Å². The molecular weight excluding hydrogens is 607 g/mol. The van der Waals surface area contributed by atoms with E-state index in [4.69, 9.17) is 26.4 Å². The summed E-state index contributed by atoms with van der Waals surface area (Å²) in [5.41, 5.74) is 3.55. The number of benzene rings is 2. The monoisotopic (exact) mass is 628 g/mol. The summed E-state index contributed by atoms with van der Waals surface area (Å²) < 4.78 is 21.8. The molecule has 0 aromatic heterocycles. The van der Waals surface area contributed by atoms with E-state index in [2.05, 4.69) is 32.8 Å². The minimum atomic E-state index is -0.521. The molecule has 0 spiro atoms. The molecule has 0 unspecified atom stereocenters. The first kappa shape index (κ1) is 26.8. The quantitative estimate of drug-likeness (QED) is 0.192. The minimum absolute atomic E-state index is 0.195. The van der Waals surface area contributed by atoms with Crippen LogP contribution >= 0.6 is 46.6 Å². The van der Waals surface area contributed by atoms with Crippen molar-refractivity contribution in [3.63, 3.8) is 0 Å². The molecule has 0 radical (unpaired) electrons. The van der Waals surface area contributed by atoms with Crippen LogP contribution in [0, 0.1) is 3.57 Å². The molecule has 3 rings (SSSR count). The lowest BCUT2D eigenvalue weighted by Crippen LogP contribution is -2.44. The van der Waals surface area contributed by atoms with Crippen LogP contribution in [0.2, 0.25) is 0 Å². The number of carbonyl (C=O) groups excluding carboxylic acids is 3. The van der Waals surface area contributed by atoms with Crippen LogP contribution in [-0.2, 0) is 14.3 Å². The van der Waals surface area contributed by atoms with Gasteiger partial charge in [0.05, 0.1) is 29.3 Å². The number of carbonyl (C=O) groups is 3. The number of hydrogen-bond acceptors (Lipinski definition) is 9. The van der Waals surface area contributed by atoms with Gasteiger partial charge in [0.2, 0.25) is 0 Å². The van der Waals surface area contributed by atoms with Crippen LogP contribution in [0.3, 0.4) is 0 Å². The van der Waals surface area contributed by atoms with Crippen molar-refractivity contribution in [1.82, 2.24) is 10.4 Å². The molecule has 1 aliphatic rings. The molecule has 0 saturated carbocycles. The third-order valence-corrected chi connectivity index (χ3v) is 6.65. The fourth-order valence-electron chi connectivity index (χ4n) is 2.89. The highest BCUT2D eigenvalue weighted by molar-refractivity contribution is 14.1. The first-order valence-corrected chi connectivity index (χ1v) is 12.5. The predicted octanol–water partition coefficient (Wildman–Crippen LogP) is 3.80. The fraction of sp³-hybridized carbons (Fsp3) is 0.217. The number of thiocarbonyl (C=S) groups is 1. The number of amides is 2. The van der Waals surface area contributed by atoms with E-state index in [9.17, 15) is 14.4 Å². The van der Waals surface area contributed by atoms with E-state index in [1.165, 1.54) is 14.2 Å². The summed E-state index contributed by atoms with van der Waals surface area (Å²) in [6, 6.07) is 9.94. The van der Waals surface area contributed by atoms with Crippen LogP contribution in [0.25, 0.3) is 6.08 Å². The lowest BCUT2D eigenvalue weighted by molar-refractivity contribution is -0.143. The number of nitrogens with one attached hydrogen (secondary N) is 1. The Morgan fingerprint density at radius 1 is 1.17 bits per heavy atom. The number of methoxy groups -OCH3 is 2. The molecule has 1 heterocycles. The van der Waals surface area contributed by atoms with Crippen LogP contribution in [-0.4, -0.2) is 54.5 Å². The summed E-state index contributed by atoms with van der Waals surface area (Å²) in [6.45, 7) is 1.92. The molecular formula is C23H21IN2O7S2. The van der Waals surface area contributed by atoms with E-state index in [-0.39, 0.29) is 10.9 Å². The third-order valence-electron chi connectivity index (χ3n) is 4.55. The summed E-state index contributed by atoms with van der Waals surface area (Å²) in [5.74, 6) is -0.0379. The highest BCUT2D eigenvalue weighted by Crippen LogP contribution is 2.37. The average molecular weight is 628 g/mol. The maximum absolute atomic E-state index is 13.0. The van der Waals surface area contributed by atoms with E-state index < -0.39 is 17.8 Å². The predicted molar refractivity (Wildman–Crippen MR) is 143 cm³/mol. The number of nitrogens with zero attached hydrogens (tertiary/aromatic N) is 1. The Kier molecular flexibility index (Phi) is 9.34. The smallest absolute Gasteiger partial charge is 0.343 e. The number of ether oxygens (including phenoxy) is 4. The van der Waals surface area contributed by atoms with Crippen molar-refractivity contribution in [3.8, 4) is 17.2 Å². The van der Waals surface area contributed by atoms with Gasteiger partial charge in [-0.05, 0) is 89.8 Å². The molecule has 0 atom stereocenters. The van der Waals surface area contributed by atoms with Crippen molar-refractivity contribution in [2.45, 2.75) is 6.92 Å². The Balaban J connectivity index is 1.80. The molecule has 0 bridgehead atoms. The molecule has 1 N–H and O–H groups in total. The van der Waals surface area contributed by atoms with Gasteiger partial charge in [-0.2, -0.15) is 5.01 Å². The number of rotatable bonds is 9. The zero-order chi connectivity index (χ0) is 25.5. The van der Waals surface area contributed by atoms with Crippen LogP contribution in [0.5, 0.6) is 17.2 Å². The molecule has 35 heavy (non-hydrogen) atoms. The summed E-state index contributed by atoms with van der Waals surface area (Å²) >= 11 is 8.43. The van der Waals surface area contributed by atoms with Gasteiger partial charge in [0.25, 0.3) is 11.8 Å². The van der Waals surface area contributed by atoms with E-state index in [1.807, 2.05) is 6.92 Å². The van der Waals surface area contributed by atoms with Crippen LogP contribution in [0.15, 0.2) is 41.3 Å². The second-order valence-corrected chi connectivity index (χ2v) is 9.65. The minimum Gasteiger partial charge on any atom is -0.497 e. The SMILES string of the molecule is CCOc1cc(/C=C2/SC(=S)N(NC(=O)c3ccc(OC)cc3)C2=O)cc(I)c1OCC(=O)OC. The number of halogens is 1. The molecule has 1 saturated heterocycles. The average Bonchev–Trinajstić information content (AvgIpc) is 3.10. The van der Waals surface area contributed by atoms with Crippen LogP contribution in [0.4, 0.5) is 0 Å². The number of hydrazine groups is 1. The van der Waals surface area contributed by atoms with Gasteiger partial charge in [0, 0.05) is 5.56 Å². The van der Waals surface area contributed by atoms with Gasteiger partial charge in [0.15, 0.2) is 22.4 Å². The van der Waals surface area contributed by atoms with Gasteiger partial charge in [-0.25, -0.2) is 4.79 Å². The summed E-state index contributed by atoms with van der Waals surface area (Å²) in [5, 5.41) is 1.04. The molecule has 0 aliphatic carbocycles. The molecule has 2 aromatic carbocycles. The summed E-state index contributed by atoms with van der Waals surface area (Å²) in [7, 11) is 2.81. The maximum Gasteiger partial charge on any atom is 0.343 e. The lowest BCUT2D eigenvalue weighted by atomic mass is 10.2. The Bertz CT molecular complexity index is 1190. The van der Waals surface area contributed by atoms with E-state index in [0.717, 1.165) is 16.8 Å². The molecule has 2 aromatic rings. The van der Waals surface area contributed by atoms with E-state index in [1.54, 1.807) is 42.5 Å². The van der Waals surface area contributed by atoms with Crippen molar-refractivity contribution < 1.29 is 33.3 Å². The Hall–Kier alpha value is -2.84. The third kappa shape index (κ3) is 6.64.